The maximum Gasteiger partial charge on any atom is 0.282 e. The fourth-order valence-corrected chi connectivity index (χ4v) is 3.25. The minimum atomic E-state index is -2.67. The van der Waals surface area contributed by atoms with Crippen LogP contribution in [-0.2, 0) is 4.79 Å². The lowest BCUT2D eigenvalue weighted by atomic mass is 10.1. The van der Waals surface area contributed by atoms with Crippen molar-refractivity contribution >= 4 is 28.3 Å². The van der Waals surface area contributed by atoms with Gasteiger partial charge in [0.1, 0.15) is 11.5 Å². The number of fused-ring (bicyclic) bond motifs is 1. The van der Waals surface area contributed by atoms with Gasteiger partial charge in [0, 0.05) is 23.2 Å². The average molecular weight is 387 g/mol. The third-order valence-corrected chi connectivity index (χ3v) is 4.96. The molecule has 0 radical (unpaired) electrons. The lowest BCUT2D eigenvalue weighted by Gasteiger charge is -2.40. The van der Waals surface area contributed by atoms with E-state index in [2.05, 4.69) is 15.4 Å². The van der Waals surface area contributed by atoms with Gasteiger partial charge in [0.05, 0.1) is 25.0 Å². The Morgan fingerprint density at radius 2 is 2.00 bits per heavy atom. The third-order valence-electron chi connectivity index (χ3n) is 4.96. The molecule has 1 N–H and O–H groups in total. The first kappa shape index (κ1) is 17.0. The number of alkyl halides is 2. The molecular weight excluding hydrogens is 371 g/mol. The van der Waals surface area contributed by atoms with Crippen LogP contribution < -0.4 is 10.2 Å². The van der Waals surface area contributed by atoms with Crippen molar-refractivity contribution in [3.63, 3.8) is 0 Å². The molecule has 1 aliphatic carbocycles. The number of carbonyl (C=O) groups excluding carboxylic acids is 1. The lowest BCUT2D eigenvalue weighted by Crippen LogP contribution is -2.56. The van der Waals surface area contributed by atoms with Gasteiger partial charge in [-0.25, -0.2) is 22.8 Å². The number of hydrogen-bond acceptors (Lipinski definition) is 4. The molecule has 2 aromatic heterocycles. The van der Waals surface area contributed by atoms with E-state index in [-0.39, 0.29) is 30.6 Å². The summed E-state index contributed by atoms with van der Waals surface area (Å²) in [5, 5.41) is 7.66. The molecule has 0 atom stereocenters. The van der Waals surface area contributed by atoms with E-state index in [1.807, 2.05) is 0 Å². The van der Waals surface area contributed by atoms with Gasteiger partial charge in [-0.3, -0.25) is 4.79 Å². The predicted molar refractivity (Wildman–Crippen MR) is 97.3 cm³/mol. The summed E-state index contributed by atoms with van der Waals surface area (Å²) in [5.74, 6) is -3.20. The summed E-state index contributed by atoms with van der Waals surface area (Å²) in [4.78, 5) is 17.7. The average Bonchev–Trinajstić information content (AvgIpc) is 3.40. The Labute approximate surface area is 158 Å². The van der Waals surface area contributed by atoms with Crippen LogP contribution in [0.3, 0.4) is 0 Å². The molecule has 1 saturated heterocycles. The largest absolute Gasteiger partial charge is 0.358 e. The molecule has 1 aromatic carbocycles. The first-order valence-electron chi connectivity index (χ1n) is 8.97. The number of rotatable bonds is 4. The van der Waals surface area contributed by atoms with Crippen LogP contribution in [0.5, 0.6) is 0 Å². The third kappa shape index (κ3) is 3.06. The molecule has 3 heterocycles. The van der Waals surface area contributed by atoms with Gasteiger partial charge < -0.3 is 10.2 Å². The summed E-state index contributed by atoms with van der Waals surface area (Å²) in [6.45, 7) is -0.683. The minimum Gasteiger partial charge on any atom is -0.358 e. The molecule has 0 spiro atoms. The number of benzene rings is 1. The van der Waals surface area contributed by atoms with Crippen LogP contribution in [0.25, 0.3) is 16.7 Å². The van der Waals surface area contributed by atoms with Crippen molar-refractivity contribution in [2.24, 2.45) is 5.92 Å². The number of nitrogens with zero attached hydrogens (tertiary/aromatic N) is 4. The van der Waals surface area contributed by atoms with Crippen molar-refractivity contribution in [2.45, 2.75) is 18.8 Å². The molecular formula is C19H16F3N5O. The maximum absolute atomic E-state index is 14.4. The summed E-state index contributed by atoms with van der Waals surface area (Å²) >= 11 is 0. The van der Waals surface area contributed by atoms with Crippen LogP contribution in [0, 0.1) is 11.7 Å². The van der Waals surface area contributed by atoms with Gasteiger partial charge in [-0.15, -0.1) is 5.10 Å². The van der Waals surface area contributed by atoms with Crippen LogP contribution in [-0.4, -0.2) is 39.7 Å². The Morgan fingerprint density at radius 3 is 2.71 bits per heavy atom. The highest BCUT2D eigenvalue weighted by molar-refractivity contribution is 5.94. The number of amides is 1. The van der Waals surface area contributed by atoms with Gasteiger partial charge in [0.15, 0.2) is 5.65 Å². The van der Waals surface area contributed by atoms with Crippen LogP contribution >= 0.6 is 0 Å². The van der Waals surface area contributed by atoms with Crippen molar-refractivity contribution in [3.05, 3.63) is 42.5 Å². The zero-order valence-corrected chi connectivity index (χ0v) is 14.7. The zero-order valence-electron chi connectivity index (χ0n) is 14.7. The first-order chi connectivity index (χ1) is 13.4. The highest BCUT2D eigenvalue weighted by Crippen LogP contribution is 2.33. The minimum absolute atomic E-state index is 0.0392. The summed E-state index contributed by atoms with van der Waals surface area (Å²) in [6, 6.07) is 5.99. The smallest absolute Gasteiger partial charge is 0.282 e. The van der Waals surface area contributed by atoms with E-state index in [4.69, 9.17) is 0 Å². The quantitative estimate of drug-likeness (QED) is 0.746. The van der Waals surface area contributed by atoms with Crippen LogP contribution in [0.2, 0.25) is 0 Å². The summed E-state index contributed by atoms with van der Waals surface area (Å²) in [7, 11) is 0. The summed E-state index contributed by atoms with van der Waals surface area (Å²) in [6.07, 6.45) is 4.83. The number of anilines is 2. The lowest BCUT2D eigenvalue weighted by molar-refractivity contribution is -0.117. The molecule has 1 amide bonds. The van der Waals surface area contributed by atoms with E-state index in [9.17, 15) is 18.0 Å². The Kier molecular flexibility index (Phi) is 3.62. The molecule has 3 aromatic rings. The van der Waals surface area contributed by atoms with Crippen LogP contribution in [0.15, 0.2) is 36.7 Å². The molecule has 2 fully saturated rings. The van der Waals surface area contributed by atoms with Gasteiger partial charge in [-0.2, -0.15) is 0 Å². The van der Waals surface area contributed by atoms with Crippen molar-refractivity contribution in [1.29, 1.82) is 0 Å². The molecule has 2 aliphatic rings. The first-order valence-corrected chi connectivity index (χ1v) is 8.97. The van der Waals surface area contributed by atoms with Gasteiger partial charge in [-0.1, -0.05) is 0 Å². The fourth-order valence-electron chi connectivity index (χ4n) is 3.25. The van der Waals surface area contributed by atoms with Crippen molar-refractivity contribution in [3.8, 4) is 5.69 Å². The molecule has 5 rings (SSSR count). The SMILES string of the molecule is O=C(Nc1ccc(F)c(-n2cc3cc(N4CC(F)(F)C4)cnc3n2)c1)C1CC1. The number of pyridine rings is 1. The standard InChI is InChI=1S/C19H16F3N5O/c20-15-4-3-13(24-18(28)11-1-2-11)6-16(15)27-8-12-5-14(7-23-17(12)25-27)26-9-19(21,22)10-26/h3-8,11H,1-2,9-10H2,(H,24,28). The fraction of sp³-hybridized carbons (Fsp3) is 0.316. The molecule has 28 heavy (non-hydrogen) atoms. The molecule has 0 bridgehead atoms. The molecule has 0 unspecified atom stereocenters. The van der Waals surface area contributed by atoms with Gasteiger partial charge >= 0.3 is 0 Å². The van der Waals surface area contributed by atoms with E-state index in [1.165, 1.54) is 34.0 Å². The number of nitrogens with one attached hydrogen (secondary N) is 1. The second kappa shape index (κ2) is 5.95. The van der Waals surface area contributed by atoms with Crippen molar-refractivity contribution in [2.75, 3.05) is 23.3 Å². The van der Waals surface area contributed by atoms with Crippen molar-refractivity contribution < 1.29 is 18.0 Å². The second-order valence-electron chi connectivity index (χ2n) is 7.32. The zero-order chi connectivity index (χ0) is 19.5. The van der Waals surface area contributed by atoms with Crippen LogP contribution in [0.4, 0.5) is 24.5 Å². The maximum atomic E-state index is 14.4. The topological polar surface area (TPSA) is 63.1 Å². The molecule has 9 heteroatoms. The second-order valence-corrected chi connectivity index (χ2v) is 7.32. The Morgan fingerprint density at radius 1 is 1.21 bits per heavy atom. The molecule has 6 nitrogen and oxygen atoms in total. The number of halogens is 3. The normalized spacial score (nSPS) is 18.2. The Hall–Kier alpha value is -3.10. The monoisotopic (exact) mass is 387 g/mol. The van der Waals surface area contributed by atoms with E-state index < -0.39 is 11.7 Å². The molecule has 144 valence electrons. The van der Waals surface area contributed by atoms with Crippen molar-refractivity contribution in [1.82, 2.24) is 14.8 Å². The highest BCUT2D eigenvalue weighted by atomic mass is 19.3. The van der Waals surface area contributed by atoms with E-state index in [0.29, 0.717) is 22.4 Å². The van der Waals surface area contributed by atoms with Gasteiger partial charge in [-0.05, 0) is 37.1 Å². The van der Waals surface area contributed by atoms with E-state index >= 15 is 0 Å². The van der Waals surface area contributed by atoms with E-state index in [1.54, 1.807) is 12.3 Å². The number of hydrogen-bond donors (Lipinski definition) is 1. The number of carbonyl (C=O) groups is 1. The highest BCUT2D eigenvalue weighted by Gasteiger charge is 2.44. The molecule has 1 aliphatic heterocycles. The Balaban J connectivity index is 1.44. The predicted octanol–water partition coefficient (Wildman–Crippen LogP) is 3.36. The Bertz CT molecular complexity index is 1080. The summed E-state index contributed by atoms with van der Waals surface area (Å²) < 4.78 is 41.9. The molecule has 1 saturated carbocycles. The van der Waals surface area contributed by atoms with Gasteiger partial charge in [0.25, 0.3) is 5.92 Å². The van der Waals surface area contributed by atoms with Gasteiger partial charge in [0.2, 0.25) is 5.91 Å². The van der Waals surface area contributed by atoms with Crippen LogP contribution in [0.1, 0.15) is 12.8 Å². The van der Waals surface area contributed by atoms with E-state index in [0.717, 1.165) is 12.8 Å². The summed E-state index contributed by atoms with van der Waals surface area (Å²) in [5.41, 5.74) is 1.61. The number of aromatic nitrogens is 3.